The largest absolute Gasteiger partial charge is 0.479 e. The van der Waals surface area contributed by atoms with E-state index in [9.17, 15) is 9.90 Å². The van der Waals surface area contributed by atoms with Crippen molar-refractivity contribution in [3.05, 3.63) is 83.1 Å². The van der Waals surface area contributed by atoms with Gasteiger partial charge in [-0.25, -0.2) is 9.78 Å². The number of benzene rings is 2. The van der Waals surface area contributed by atoms with E-state index in [2.05, 4.69) is 9.55 Å². The number of pyridine rings is 1. The monoisotopic (exact) mass is 450 g/mol. The average Bonchev–Trinajstić information content (AvgIpc) is 3.05. The minimum Gasteiger partial charge on any atom is -0.479 e. The molecule has 0 saturated heterocycles. The summed E-state index contributed by atoms with van der Waals surface area (Å²) in [5.41, 5.74) is 2.70. The highest BCUT2D eigenvalue weighted by molar-refractivity contribution is 6.30. The van der Waals surface area contributed by atoms with Crippen LogP contribution in [0.3, 0.4) is 0 Å². The number of rotatable bonds is 8. The SMILES string of the molecule is CC[C@H](Oc1cccc(Cn2c(C)c(Oc3ccc(Cl)cc3)c3cccnc32)c1)C(=O)O. The molecule has 2 heterocycles. The van der Waals surface area contributed by atoms with Gasteiger partial charge in [-0.1, -0.05) is 30.7 Å². The first-order valence-corrected chi connectivity index (χ1v) is 10.7. The maximum atomic E-state index is 11.3. The van der Waals surface area contributed by atoms with Crippen molar-refractivity contribution in [1.82, 2.24) is 9.55 Å². The lowest BCUT2D eigenvalue weighted by Crippen LogP contribution is -2.25. The van der Waals surface area contributed by atoms with Crippen LogP contribution in [0.25, 0.3) is 11.0 Å². The van der Waals surface area contributed by atoms with Crippen LogP contribution < -0.4 is 9.47 Å². The van der Waals surface area contributed by atoms with E-state index in [0.717, 1.165) is 28.0 Å². The van der Waals surface area contributed by atoms with Gasteiger partial charge >= 0.3 is 5.97 Å². The second-order valence-electron chi connectivity index (χ2n) is 7.43. The Kier molecular flexibility index (Phi) is 6.32. The lowest BCUT2D eigenvalue weighted by atomic mass is 10.2. The van der Waals surface area contributed by atoms with Gasteiger partial charge in [0.15, 0.2) is 11.9 Å². The number of halogens is 1. The number of nitrogens with zero attached hydrogens (tertiary/aromatic N) is 2. The van der Waals surface area contributed by atoms with Crippen molar-refractivity contribution in [2.45, 2.75) is 32.9 Å². The number of carboxylic acid groups (broad SMARTS) is 1. The van der Waals surface area contributed by atoms with Gasteiger partial charge in [-0.05, 0) is 67.4 Å². The van der Waals surface area contributed by atoms with Crippen LogP contribution >= 0.6 is 11.6 Å². The number of hydrogen-bond acceptors (Lipinski definition) is 4. The number of hydrogen-bond donors (Lipinski definition) is 1. The molecule has 2 aromatic heterocycles. The first-order valence-electron chi connectivity index (χ1n) is 10.3. The molecule has 32 heavy (non-hydrogen) atoms. The fraction of sp³-hybridized carbons (Fsp3) is 0.200. The van der Waals surface area contributed by atoms with Crippen molar-refractivity contribution in [3.63, 3.8) is 0 Å². The van der Waals surface area contributed by atoms with Gasteiger partial charge < -0.3 is 19.1 Å². The van der Waals surface area contributed by atoms with Gasteiger partial charge in [0.05, 0.1) is 11.1 Å². The highest BCUT2D eigenvalue weighted by atomic mass is 35.5. The predicted molar refractivity (Wildman–Crippen MR) is 124 cm³/mol. The Labute approximate surface area is 191 Å². The molecule has 4 aromatic rings. The zero-order valence-electron chi connectivity index (χ0n) is 17.8. The molecule has 0 spiro atoms. The second-order valence-corrected chi connectivity index (χ2v) is 7.87. The predicted octanol–water partition coefficient (Wildman–Crippen LogP) is 6.08. The van der Waals surface area contributed by atoms with E-state index < -0.39 is 12.1 Å². The van der Waals surface area contributed by atoms with Gasteiger partial charge in [0, 0.05) is 17.8 Å². The molecular formula is C25H23ClN2O4. The Bertz CT molecular complexity index is 1250. The molecule has 7 heteroatoms. The molecule has 1 N–H and O–H groups in total. The third-order valence-electron chi connectivity index (χ3n) is 5.22. The molecule has 0 aliphatic carbocycles. The zero-order valence-corrected chi connectivity index (χ0v) is 18.5. The van der Waals surface area contributed by atoms with Gasteiger partial charge in [0.2, 0.25) is 0 Å². The van der Waals surface area contributed by atoms with Gasteiger partial charge in [-0.15, -0.1) is 0 Å². The summed E-state index contributed by atoms with van der Waals surface area (Å²) in [5, 5.41) is 10.8. The Hall–Kier alpha value is -3.51. The van der Waals surface area contributed by atoms with Crippen molar-refractivity contribution in [2.24, 2.45) is 0 Å². The van der Waals surface area contributed by atoms with Gasteiger partial charge in [0.25, 0.3) is 0 Å². The molecule has 1 atom stereocenters. The van der Waals surface area contributed by atoms with Crippen LogP contribution in [0.4, 0.5) is 0 Å². The minimum absolute atomic E-state index is 0.385. The molecule has 0 aliphatic heterocycles. The fourth-order valence-corrected chi connectivity index (χ4v) is 3.71. The fourth-order valence-electron chi connectivity index (χ4n) is 3.58. The molecule has 6 nitrogen and oxygen atoms in total. The second kappa shape index (κ2) is 9.32. The van der Waals surface area contributed by atoms with E-state index in [1.807, 2.05) is 49.4 Å². The normalized spacial score (nSPS) is 12.0. The van der Waals surface area contributed by atoms with Crippen LogP contribution in [0.1, 0.15) is 24.6 Å². The van der Waals surface area contributed by atoms with Crippen molar-refractivity contribution >= 4 is 28.6 Å². The highest BCUT2D eigenvalue weighted by Gasteiger charge is 2.19. The van der Waals surface area contributed by atoms with E-state index in [1.165, 1.54) is 0 Å². The summed E-state index contributed by atoms with van der Waals surface area (Å²) in [5.74, 6) is 0.977. The summed E-state index contributed by atoms with van der Waals surface area (Å²) in [6, 6.07) is 18.6. The smallest absolute Gasteiger partial charge is 0.344 e. The lowest BCUT2D eigenvalue weighted by molar-refractivity contribution is -0.145. The summed E-state index contributed by atoms with van der Waals surface area (Å²) in [6.07, 6.45) is 1.26. The summed E-state index contributed by atoms with van der Waals surface area (Å²) in [7, 11) is 0. The number of aromatic nitrogens is 2. The molecule has 0 radical (unpaired) electrons. The maximum absolute atomic E-state index is 11.3. The van der Waals surface area contributed by atoms with E-state index >= 15 is 0 Å². The zero-order chi connectivity index (χ0) is 22.7. The first-order chi connectivity index (χ1) is 15.5. The van der Waals surface area contributed by atoms with Crippen LogP contribution in [0.15, 0.2) is 66.9 Å². The standard InChI is InChI=1S/C25H23ClN2O4/c1-3-22(25(29)30)31-20-7-4-6-17(14-20)15-28-16(2)23(21-8-5-13-27-24(21)28)32-19-11-9-18(26)10-12-19/h4-14,22H,3,15H2,1-2H3,(H,29,30)/t22-/m0/s1. The third-order valence-corrected chi connectivity index (χ3v) is 5.47. The van der Waals surface area contributed by atoms with E-state index in [1.54, 1.807) is 31.3 Å². The van der Waals surface area contributed by atoms with E-state index in [-0.39, 0.29) is 0 Å². The number of fused-ring (bicyclic) bond motifs is 1. The lowest BCUT2D eigenvalue weighted by Gasteiger charge is -2.14. The van der Waals surface area contributed by atoms with Crippen molar-refractivity contribution in [2.75, 3.05) is 0 Å². The number of carboxylic acids is 1. The molecule has 4 rings (SSSR count). The van der Waals surface area contributed by atoms with Gasteiger partial charge in [-0.3, -0.25) is 0 Å². The minimum atomic E-state index is -0.974. The first kappa shape index (κ1) is 21.7. The van der Waals surface area contributed by atoms with Crippen molar-refractivity contribution in [1.29, 1.82) is 0 Å². The van der Waals surface area contributed by atoms with Crippen LogP contribution in [0.2, 0.25) is 5.02 Å². The topological polar surface area (TPSA) is 73.6 Å². The van der Waals surface area contributed by atoms with Crippen LogP contribution in [0, 0.1) is 6.92 Å². The molecule has 0 saturated carbocycles. The van der Waals surface area contributed by atoms with Crippen LogP contribution in [-0.4, -0.2) is 26.7 Å². The Morgan fingerprint density at radius 2 is 1.91 bits per heavy atom. The van der Waals surface area contributed by atoms with Crippen LogP contribution in [-0.2, 0) is 11.3 Å². The summed E-state index contributed by atoms with van der Waals surface area (Å²) in [4.78, 5) is 15.9. The molecule has 2 aromatic carbocycles. The summed E-state index contributed by atoms with van der Waals surface area (Å²) >= 11 is 5.99. The Morgan fingerprint density at radius 3 is 2.62 bits per heavy atom. The Morgan fingerprint density at radius 1 is 1.12 bits per heavy atom. The van der Waals surface area contributed by atoms with Crippen molar-refractivity contribution in [3.8, 4) is 17.2 Å². The molecule has 0 aliphatic rings. The summed E-state index contributed by atoms with van der Waals surface area (Å²) in [6.45, 7) is 4.31. The summed E-state index contributed by atoms with van der Waals surface area (Å²) < 4.78 is 13.9. The highest BCUT2D eigenvalue weighted by Crippen LogP contribution is 2.36. The molecule has 0 amide bonds. The average molecular weight is 451 g/mol. The molecule has 0 fully saturated rings. The molecular weight excluding hydrogens is 428 g/mol. The number of ether oxygens (including phenoxy) is 2. The molecule has 164 valence electrons. The van der Waals surface area contributed by atoms with Crippen molar-refractivity contribution < 1.29 is 19.4 Å². The molecule has 0 unspecified atom stereocenters. The van der Waals surface area contributed by atoms with E-state index in [0.29, 0.717) is 29.5 Å². The third kappa shape index (κ3) is 4.55. The number of aliphatic carboxylic acids is 1. The van der Waals surface area contributed by atoms with Crippen LogP contribution in [0.5, 0.6) is 17.2 Å². The maximum Gasteiger partial charge on any atom is 0.344 e. The van der Waals surface area contributed by atoms with Gasteiger partial charge in [-0.2, -0.15) is 0 Å². The quantitative estimate of drug-likeness (QED) is 0.352. The van der Waals surface area contributed by atoms with Gasteiger partial charge in [0.1, 0.15) is 17.1 Å². The Balaban J connectivity index is 1.67. The number of carbonyl (C=O) groups is 1. The van der Waals surface area contributed by atoms with E-state index in [4.69, 9.17) is 21.1 Å². The molecule has 0 bridgehead atoms.